The van der Waals surface area contributed by atoms with Gasteiger partial charge in [0.05, 0.1) is 18.8 Å². The first-order valence-electron chi connectivity index (χ1n) is 8.06. The van der Waals surface area contributed by atoms with Crippen molar-refractivity contribution in [1.82, 2.24) is 4.90 Å². The SMILES string of the molecule is COc1ccc(C)cc1NC(=O)N1CCC[C@@H]1c1ccc(F)cc1. The number of carbonyl (C=O) groups excluding carboxylic acids is 1. The van der Waals surface area contributed by atoms with Crippen LogP contribution in [-0.4, -0.2) is 24.6 Å². The summed E-state index contributed by atoms with van der Waals surface area (Å²) in [6.07, 6.45) is 1.81. The Morgan fingerprint density at radius 2 is 2.00 bits per heavy atom. The van der Waals surface area contributed by atoms with E-state index < -0.39 is 0 Å². The van der Waals surface area contributed by atoms with Gasteiger partial charge in [-0.05, 0) is 55.2 Å². The second-order valence-corrected chi connectivity index (χ2v) is 6.04. The Kier molecular flexibility index (Phi) is 4.69. The van der Waals surface area contributed by atoms with E-state index >= 15 is 0 Å². The Morgan fingerprint density at radius 3 is 2.71 bits per heavy atom. The van der Waals surface area contributed by atoms with Crippen molar-refractivity contribution in [1.29, 1.82) is 0 Å². The fourth-order valence-electron chi connectivity index (χ4n) is 3.15. The number of carbonyl (C=O) groups is 1. The second-order valence-electron chi connectivity index (χ2n) is 6.04. The van der Waals surface area contributed by atoms with Gasteiger partial charge in [-0.2, -0.15) is 0 Å². The summed E-state index contributed by atoms with van der Waals surface area (Å²) >= 11 is 0. The maximum atomic E-state index is 13.1. The second kappa shape index (κ2) is 6.91. The third kappa shape index (κ3) is 3.35. The number of hydrogen-bond acceptors (Lipinski definition) is 2. The zero-order valence-electron chi connectivity index (χ0n) is 13.9. The number of ether oxygens (including phenoxy) is 1. The van der Waals surface area contributed by atoms with Gasteiger partial charge in [0, 0.05) is 6.54 Å². The molecule has 0 radical (unpaired) electrons. The third-order valence-electron chi connectivity index (χ3n) is 4.37. The van der Waals surface area contributed by atoms with E-state index in [1.54, 1.807) is 24.1 Å². The van der Waals surface area contributed by atoms with Gasteiger partial charge in [-0.25, -0.2) is 9.18 Å². The van der Waals surface area contributed by atoms with E-state index in [1.165, 1.54) is 12.1 Å². The molecule has 1 atom stereocenters. The van der Waals surface area contributed by atoms with Gasteiger partial charge in [0.25, 0.3) is 0 Å². The molecule has 0 spiro atoms. The van der Waals surface area contributed by atoms with Crippen LogP contribution in [0.15, 0.2) is 42.5 Å². The van der Waals surface area contributed by atoms with E-state index in [9.17, 15) is 9.18 Å². The fraction of sp³-hybridized carbons (Fsp3) is 0.316. The van der Waals surface area contributed by atoms with E-state index in [1.807, 2.05) is 25.1 Å². The lowest BCUT2D eigenvalue weighted by Gasteiger charge is -2.26. The molecule has 24 heavy (non-hydrogen) atoms. The number of aryl methyl sites for hydroxylation is 1. The van der Waals surface area contributed by atoms with Crippen LogP contribution in [-0.2, 0) is 0 Å². The predicted molar refractivity (Wildman–Crippen MR) is 91.8 cm³/mol. The summed E-state index contributed by atoms with van der Waals surface area (Å²) in [6.45, 7) is 2.65. The number of anilines is 1. The van der Waals surface area contributed by atoms with Crippen LogP contribution in [0.1, 0.15) is 30.0 Å². The zero-order valence-corrected chi connectivity index (χ0v) is 13.9. The number of rotatable bonds is 3. The average Bonchev–Trinajstić information content (AvgIpc) is 3.05. The number of urea groups is 1. The number of nitrogens with one attached hydrogen (secondary N) is 1. The van der Waals surface area contributed by atoms with Gasteiger partial charge < -0.3 is 15.0 Å². The Morgan fingerprint density at radius 1 is 1.25 bits per heavy atom. The normalized spacial score (nSPS) is 17.0. The van der Waals surface area contributed by atoms with Crippen LogP contribution in [0, 0.1) is 12.7 Å². The van der Waals surface area contributed by atoms with Gasteiger partial charge in [-0.1, -0.05) is 18.2 Å². The van der Waals surface area contributed by atoms with Crippen molar-refractivity contribution in [2.75, 3.05) is 19.0 Å². The summed E-state index contributed by atoms with van der Waals surface area (Å²) in [7, 11) is 1.58. The standard InChI is InChI=1S/C19H21FN2O2/c1-13-5-10-18(24-2)16(12-13)21-19(23)22-11-3-4-17(22)14-6-8-15(20)9-7-14/h5-10,12,17H,3-4,11H2,1-2H3,(H,21,23)/t17-/m1/s1. The molecule has 2 aromatic rings. The highest BCUT2D eigenvalue weighted by atomic mass is 19.1. The molecule has 1 aliphatic heterocycles. The van der Waals surface area contributed by atoms with Crippen molar-refractivity contribution in [2.24, 2.45) is 0 Å². The molecular weight excluding hydrogens is 307 g/mol. The summed E-state index contributed by atoms with van der Waals surface area (Å²) < 4.78 is 18.4. The maximum Gasteiger partial charge on any atom is 0.322 e. The molecule has 0 bridgehead atoms. The van der Waals surface area contributed by atoms with Crippen LogP contribution < -0.4 is 10.1 Å². The van der Waals surface area contributed by atoms with E-state index in [2.05, 4.69) is 5.32 Å². The van der Waals surface area contributed by atoms with Gasteiger partial charge in [-0.3, -0.25) is 0 Å². The fourth-order valence-corrected chi connectivity index (χ4v) is 3.15. The molecular formula is C19H21FN2O2. The summed E-state index contributed by atoms with van der Waals surface area (Å²) in [5.41, 5.74) is 2.66. The molecule has 1 fully saturated rings. The van der Waals surface area contributed by atoms with E-state index in [4.69, 9.17) is 4.74 Å². The minimum absolute atomic E-state index is 0.0265. The van der Waals surface area contributed by atoms with Crippen molar-refractivity contribution >= 4 is 11.7 Å². The van der Waals surface area contributed by atoms with Crippen molar-refractivity contribution < 1.29 is 13.9 Å². The molecule has 1 saturated heterocycles. The molecule has 0 unspecified atom stereocenters. The third-order valence-corrected chi connectivity index (χ3v) is 4.37. The van der Waals surface area contributed by atoms with Crippen molar-refractivity contribution in [2.45, 2.75) is 25.8 Å². The predicted octanol–water partition coefficient (Wildman–Crippen LogP) is 4.51. The maximum absolute atomic E-state index is 13.1. The molecule has 0 saturated carbocycles. The number of methoxy groups -OCH3 is 1. The molecule has 2 amide bonds. The highest BCUT2D eigenvalue weighted by Gasteiger charge is 2.30. The minimum atomic E-state index is -0.266. The smallest absolute Gasteiger partial charge is 0.322 e. The largest absolute Gasteiger partial charge is 0.495 e. The van der Waals surface area contributed by atoms with E-state index in [-0.39, 0.29) is 17.9 Å². The van der Waals surface area contributed by atoms with Crippen molar-refractivity contribution in [3.05, 3.63) is 59.4 Å². The van der Waals surface area contributed by atoms with Crippen LogP contribution >= 0.6 is 0 Å². The Labute approximate surface area is 141 Å². The summed E-state index contributed by atoms with van der Waals surface area (Å²) in [4.78, 5) is 14.5. The molecule has 1 N–H and O–H groups in total. The number of likely N-dealkylation sites (tertiary alicyclic amines) is 1. The molecule has 2 aromatic carbocycles. The van der Waals surface area contributed by atoms with Crippen molar-refractivity contribution in [3.63, 3.8) is 0 Å². The highest BCUT2D eigenvalue weighted by Crippen LogP contribution is 2.33. The Balaban J connectivity index is 1.79. The van der Waals surface area contributed by atoms with Crippen LogP contribution in [0.3, 0.4) is 0 Å². The van der Waals surface area contributed by atoms with Gasteiger partial charge in [0.1, 0.15) is 11.6 Å². The molecule has 1 heterocycles. The minimum Gasteiger partial charge on any atom is -0.495 e. The summed E-state index contributed by atoms with van der Waals surface area (Å²) in [5, 5.41) is 2.94. The average molecular weight is 328 g/mol. The molecule has 4 nitrogen and oxygen atoms in total. The summed E-state index contributed by atoms with van der Waals surface area (Å²) in [5.74, 6) is 0.365. The van der Waals surface area contributed by atoms with Crippen LogP contribution in [0.5, 0.6) is 5.75 Å². The number of amides is 2. The molecule has 0 aliphatic carbocycles. The van der Waals surface area contributed by atoms with Crippen LogP contribution in [0.4, 0.5) is 14.9 Å². The number of halogens is 1. The quantitative estimate of drug-likeness (QED) is 0.900. The summed E-state index contributed by atoms with van der Waals surface area (Å²) in [6, 6.07) is 11.8. The first-order chi connectivity index (χ1) is 11.6. The first-order valence-corrected chi connectivity index (χ1v) is 8.06. The van der Waals surface area contributed by atoms with Gasteiger partial charge in [0.15, 0.2) is 0 Å². The molecule has 5 heteroatoms. The van der Waals surface area contributed by atoms with Crippen LogP contribution in [0.25, 0.3) is 0 Å². The Bertz CT molecular complexity index is 731. The number of hydrogen-bond donors (Lipinski definition) is 1. The lowest BCUT2D eigenvalue weighted by atomic mass is 10.0. The molecule has 1 aliphatic rings. The van der Waals surface area contributed by atoms with Gasteiger partial charge >= 0.3 is 6.03 Å². The van der Waals surface area contributed by atoms with Crippen LogP contribution in [0.2, 0.25) is 0 Å². The van der Waals surface area contributed by atoms with Gasteiger partial charge in [0.2, 0.25) is 0 Å². The molecule has 3 rings (SSSR count). The number of nitrogens with zero attached hydrogens (tertiary/aromatic N) is 1. The van der Waals surface area contributed by atoms with Gasteiger partial charge in [-0.15, -0.1) is 0 Å². The first kappa shape index (κ1) is 16.3. The Hall–Kier alpha value is -2.56. The highest BCUT2D eigenvalue weighted by molar-refractivity contribution is 5.91. The number of benzene rings is 2. The molecule has 0 aromatic heterocycles. The van der Waals surface area contributed by atoms with E-state index in [0.717, 1.165) is 24.0 Å². The van der Waals surface area contributed by atoms with E-state index in [0.29, 0.717) is 18.0 Å². The monoisotopic (exact) mass is 328 g/mol. The molecule has 126 valence electrons. The van der Waals surface area contributed by atoms with Crippen molar-refractivity contribution in [3.8, 4) is 5.75 Å². The topological polar surface area (TPSA) is 41.6 Å². The zero-order chi connectivity index (χ0) is 17.1. The lowest BCUT2D eigenvalue weighted by molar-refractivity contribution is 0.207. The lowest BCUT2D eigenvalue weighted by Crippen LogP contribution is -2.34.